The first-order chi connectivity index (χ1) is 15.0. The van der Waals surface area contributed by atoms with Gasteiger partial charge in [-0.15, -0.1) is 0 Å². The first kappa shape index (κ1) is 22.8. The van der Waals surface area contributed by atoms with Gasteiger partial charge in [-0.3, -0.25) is 0 Å². The van der Waals surface area contributed by atoms with Gasteiger partial charge in [0.1, 0.15) is 5.75 Å². The predicted octanol–water partition coefficient (Wildman–Crippen LogP) is 4.26. The molecule has 0 bridgehead atoms. The monoisotopic (exact) mass is 456 g/mol. The lowest BCUT2D eigenvalue weighted by molar-refractivity contribution is 0.0695. The third-order valence-electron chi connectivity index (χ3n) is 4.78. The minimum Gasteiger partial charge on any atom is -0.493 e. The maximum absolute atomic E-state index is 12.2. The molecule has 0 heterocycles. The van der Waals surface area contributed by atoms with Crippen LogP contribution in [0, 0.1) is 6.92 Å². The molecule has 0 aliphatic heterocycles. The number of hydrogen-bond acceptors (Lipinski definition) is 6. The second-order valence-corrected chi connectivity index (χ2v) is 9.02. The van der Waals surface area contributed by atoms with Gasteiger partial charge in [0.15, 0.2) is 21.3 Å². The molecule has 3 aromatic carbocycles. The number of carboxylic acids is 2. The Morgan fingerprint density at radius 2 is 1.44 bits per heavy atom. The van der Waals surface area contributed by atoms with E-state index in [-0.39, 0.29) is 32.9 Å². The Morgan fingerprint density at radius 1 is 0.812 bits per heavy atom. The Hall–Kier alpha value is -3.85. The van der Waals surface area contributed by atoms with Crippen LogP contribution < -0.4 is 9.47 Å². The minimum atomic E-state index is -3.62. The quantitative estimate of drug-likeness (QED) is 0.540. The smallest absolute Gasteiger partial charge is 0.336 e. The van der Waals surface area contributed by atoms with E-state index in [2.05, 4.69) is 0 Å². The minimum absolute atomic E-state index is 0.0452. The summed E-state index contributed by atoms with van der Waals surface area (Å²) < 4.78 is 35.6. The van der Waals surface area contributed by atoms with Crippen molar-refractivity contribution in [3.05, 3.63) is 71.3 Å². The highest BCUT2D eigenvalue weighted by Gasteiger charge is 2.22. The van der Waals surface area contributed by atoms with Gasteiger partial charge in [0.2, 0.25) is 0 Å². The fourth-order valence-electron chi connectivity index (χ4n) is 3.20. The van der Waals surface area contributed by atoms with E-state index in [9.17, 15) is 28.2 Å². The fourth-order valence-corrected chi connectivity index (χ4v) is 3.85. The molecule has 2 N–H and O–H groups in total. The standard InChI is InChI=1S/C23H20O8S/c1-13-10-16(18(23(26)27)12-15(13)22(24)25)17-11-14(32(3,28)29)8-9-19(17)31-21-7-5-4-6-20(21)30-2/h4-12H,1-3H3,(H,24,25)(H,26,27). The van der Waals surface area contributed by atoms with Crippen molar-refractivity contribution in [1.82, 2.24) is 0 Å². The molecule has 0 spiro atoms. The molecule has 32 heavy (non-hydrogen) atoms. The Labute approximate surface area is 184 Å². The summed E-state index contributed by atoms with van der Waals surface area (Å²) in [5.74, 6) is -1.71. The summed E-state index contributed by atoms with van der Waals surface area (Å²) in [5.41, 5.74) is 0.137. The van der Waals surface area contributed by atoms with Gasteiger partial charge in [-0.25, -0.2) is 18.0 Å². The highest BCUT2D eigenvalue weighted by molar-refractivity contribution is 7.90. The summed E-state index contributed by atoms with van der Waals surface area (Å²) in [5, 5.41) is 19.1. The number of ether oxygens (including phenoxy) is 2. The van der Waals surface area contributed by atoms with E-state index in [0.717, 1.165) is 12.3 Å². The number of para-hydroxylation sites is 2. The molecule has 3 aromatic rings. The third-order valence-corrected chi connectivity index (χ3v) is 5.89. The zero-order valence-corrected chi connectivity index (χ0v) is 18.3. The summed E-state index contributed by atoms with van der Waals surface area (Å²) in [6, 6.07) is 13.3. The molecule has 0 atom stereocenters. The molecule has 0 saturated heterocycles. The summed E-state index contributed by atoms with van der Waals surface area (Å²) in [4.78, 5) is 23.4. The van der Waals surface area contributed by atoms with Crippen molar-refractivity contribution in [2.24, 2.45) is 0 Å². The molecule has 0 aliphatic carbocycles. The van der Waals surface area contributed by atoms with Gasteiger partial charge in [-0.1, -0.05) is 12.1 Å². The molecular formula is C23H20O8S. The van der Waals surface area contributed by atoms with Crippen molar-refractivity contribution in [2.75, 3.05) is 13.4 Å². The lowest BCUT2D eigenvalue weighted by atomic mass is 9.93. The van der Waals surface area contributed by atoms with E-state index in [1.165, 1.54) is 38.3 Å². The highest BCUT2D eigenvalue weighted by atomic mass is 32.2. The molecule has 0 aliphatic rings. The molecule has 8 nitrogen and oxygen atoms in total. The van der Waals surface area contributed by atoms with Crippen LogP contribution in [-0.2, 0) is 9.84 Å². The molecule has 3 rings (SSSR count). The number of rotatable bonds is 7. The Morgan fingerprint density at radius 3 is 2.00 bits per heavy atom. The van der Waals surface area contributed by atoms with E-state index in [1.54, 1.807) is 24.3 Å². The molecule has 0 aromatic heterocycles. The van der Waals surface area contributed by atoms with Crippen molar-refractivity contribution < 1.29 is 37.7 Å². The maximum atomic E-state index is 12.2. The molecule has 0 amide bonds. The van der Waals surface area contributed by atoms with Gasteiger partial charge >= 0.3 is 11.9 Å². The van der Waals surface area contributed by atoms with Crippen LogP contribution in [0.2, 0.25) is 0 Å². The van der Waals surface area contributed by atoms with Crippen molar-refractivity contribution in [3.63, 3.8) is 0 Å². The zero-order valence-electron chi connectivity index (χ0n) is 17.4. The van der Waals surface area contributed by atoms with Crippen LogP contribution in [0.15, 0.2) is 59.5 Å². The average molecular weight is 456 g/mol. The lowest BCUT2D eigenvalue weighted by Crippen LogP contribution is -2.07. The maximum Gasteiger partial charge on any atom is 0.336 e. The number of carboxylic acid groups (broad SMARTS) is 2. The zero-order chi connectivity index (χ0) is 23.6. The van der Waals surface area contributed by atoms with Gasteiger partial charge in [-0.05, 0) is 55.0 Å². The van der Waals surface area contributed by atoms with Crippen LogP contribution in [0.5, 0.6) is 17.2 Å². The summed E-state index contributed by atoms with van der Waals surface area (Å²) in [6.45, 7) is 1.53. The number of aryl methyl sites for hydroxylation is 1. The number of benzene rings is 3. The molecule has 166 valence electrons. The Balaban J connectivity index is 2.32. The Bertz CT molecular complexity index is 1330. The molecular weight excluding hydrogens is 436 g/mol. The fraction of sp³-hybridized carbons (Fsp3) is 0.130. The lowest BCUT2D eigenvalue weighted by Gasteiger charge is -2.17. The largest absolute Gasteiger partial charge is 0.493 e. The van der Waals surface area contributed by atoms with Gasteiger partial charge in [-0.2, -0.15) is 0 Å². The van der Waals surface area contributed by atoms with Crippen LogP contribution in [-0.4, -0.2) is 43.9 Å². The van der Waals surface area contributed by atoms with Gasteiger partial charge in [0.05, 0.1) is 23.1 Å². The number of sulfone groups is 1. The second kappa shape index (κ2) is 8.72. The molecule has 0 fully saturated rings. The SMILES string of the molecule is COc1ccccc1Oc1ccc(S(C)(=O)=O)cc1-c1cc(C)c(C(=O)O)cc1C(=O)O. The van der Waals surface area contributed by atoms with E-state index >= 15 is 0 Å². The van der Waals surface area contributed by atoms with Crippen molar-refractivity contribution in [1.29, 1.82) is 0 Å². The van der Waals surface area contributed by atoms with E-state index in [4.69, 9.17) is 9.47 Å². The molecule has 0 radical (unpaired) electrons. The average Bonchev–Trinajstić information content (AvgIpc) is 2.73. The predicted molar refractivity (Wildman–Crippen MR) is 117 cm³/mol. The van der Waals surface area contributed by atoms with Crippen molar-refractivity contribution >= 4 is 21.8 Å². The summed E-state index contributed by atoms with van der Waals surface area (Å²) in [6.07, 6.45) is 1.03. The number of hydrogen-bond donors (Lipinski definition) is 2. The third kappa shape index (κ3) is 4.57. The molecule has 0 unspecified atom stereocenters. The van der Waals surface area contributed by atoms with Crippen LogP contribution in [0.3, 0.4) is 0 Å². The van der Waals surface area contributed by atoms with E-state index < -0.39 is 21.8 Å². The molecule has 0 saturated carbocycles. The normalized spacial score (nSPS) is 11.1. The van der Waals surface area contributed by atoms with Crippen molar-refractivity contribution in [3.8, 4) is 28.4 Å². The topological polar surface area (TPSA) is 127 Å². The summed E-state index contributed by atoms with van der Waals surface area (Å²) >= 11 is 0. The Kier molecular flexibility index (Phi) is 6.22. The highest BCUT2D eigenvalue weighted by Crippen LogP contribution is 2.40. The summed E-state index contributed by atoms with van der Waals surface area (Å²) in [7, 11) is -2.16. The van der Waals surface area contributed by atoms with E-state index in [1.807, 2.05) is 0 Å². The van der Waals surface area contributed by atoms with Crippen LogP contribution in [0.1, 0.15) is 26.3 Å². The first-order valence-corrected chi connectivity index (χ1v) is 11.2. The number of aromatic carboxylic acids is 2. The van der Waals surface area contributed by atoms with Crippen molar-refractivity contribution in [2.45, 2.75) is 11.8 Å². The van der Waals surface area contributed by atoms with Gasteiger partial charge in [0.25, 0.3) is 0 Å². The molecule has 9 heteroatoms. The number of carbonyl (C=O) groups is 2. The van der Waals surface area contributed by atoms with Gasteiger partial charge in [0, 0.05) is 17.4 Å². The van der Waals surface area contributed by atoms with Crippen LogP contribution >= 0.6 is 0 Å². The van der Waals surface area contributed by atoms with Crippen LogP contribution in [0.25, 0.3) is 11.1 Å². The van der Waals surface area contributed by atoms with E-state index in [0.29, 0.717) is 17.1 Å². The van der Waals surface area contributed by atoms with Crippen LogP contribution in [0.4, 0.5) is 0 Å². The van der Waals surface area contributed by atoms with Gasteiger partial charge < -0.3 is 19.7 Å². The second-order valence-electron chi connectivity index (χ2n) is 7.01. The first-order valence-electron chi connectivity index (χ1n) is 9.29. The number of methoxy groups -OCH3 is 1.